The van der Waals surface area contributed by atoms with Gasteiger partial charge in [-0.25, -0.2) is 0 Å². The molecule has 1 aliphatic heterocycles. The molecule has 112 valence electrons. The van der Waals surface area contributed by atoms with Gasteiger partial charge < -0.3 is 10.6 Å². The summed E-state index contributed by atoms with van der Waals surface area (Å²) in [6.07, 6.45) is 3.90. The highest BCUT2D eigenvalue weighted by Gasteiger charge is 2.27. The second-order valence-electron chi connectivity index (χ2n) is 6.96. The van der Waals surface area contributed by atoms with E-state index in [2.05, 4.69) is 59.8 Å². The Labute approximate surface area is 131 Å². The maximum atomic E-state index is 5.91. The fourth-order valence-corrected chi connectivity index (χ4v) is 3.64. The SMILES string of the molecule is CC(C)(C)C1CCCN(c2ccc(Br)cc2CN)CC1. The number of nitrogens with zero attached hydrogens (tertiary/aromatic N) is 1. The molecule has 1 aliphatic rings. The molecule has 1 saturated heterocycles. The van der Waals surface area contributed by atoms with E-state index in [1.165, 1.54) is 30.5 Å². The van der Waals surface area contributed by atoms with Gasteiger partial charge in [-0.15, -0.1) is 0 Å². The molecular weight excluding hydrogens is 312 g/mol. The summed E-state index contributed by atoms with van der Waals surface area (Å²) in [5.41, 5.74) is 8.91. The van der Waals surface area contributed by atoms with E-state index in [4.69, 9.17) is 5.73 Å². The maximum absolute atomic E-state index is 5.91. The highest BCUT2D eigenvalue weighted by Crippen LogP contribution is 2.36. The lowest BCUT2D eigenvalue weighted by atomic mass is 9.77. The van der Waals surface area contributed by atoms with Crippen LogP contribution in [0, 0.1) is 11.3 Å². The fourth-order valence-electron chi connectivity index (χ4n) is 3.23. The average molecular weight is 339 g/mol. The molecule has 0 radical (unpaired) electrons. The maximum Gasteiger partial charge on any atom is 0.0412 e. The van der Waals surface area contributed by atoms with Gasteiger partial charge >= 0.3 is 0 Å². The summed E-state index contributed by atoms with van der Waals surface area (Å²) in [4.78, 5) is 2.53. The lowest BCUT2D eigenvalue weighted by Gasteiger charge is -2.30. The first-order valence-corrected chi connectivity index (χ1v) is 8.44. The van der Waals surface area contributed by atoms with Crippen LogP contribution < -0.4 is 10.6 Å². The van der Waals surface area contributed by atoms with Crippen molar-refractivity contribution in [2.24, 2.45) is 17.1 Å². The zero-order valence-corrected chi connectivity index (χ0v) is 14.5. The molecule has 1 unspecified atom stereocenters. The van der Waals surface area contributed by atoms with Crippen LogP contribution in [0.5, 0.6) is 0 Å². The molecule has 0 spiro atoms. The number of anilines is 1. The van der Waals surface area contributed by atoms with Crippen molar-refractivity contribution in [2.75, 3.05) is 18.0 Å². The number of benzene rings is 1. The van der Waals surface area contributed by atoms with Crippen LogP contribution in [0.15, 0.2) is 22.7 Å². The van der Waals surface area contributed by atoms with Gasteiger partial charge in [0.15, 0.2) is 0 Å². The summed E-state index contributed by atoms with van der Waals surface area (Å²) in [7, 11) is 0. The van der Waals surface area contributed by atoms with E-state index in [9.17, 15) is 0 Å². The summed E-state index contributed by atoms with van der Waals surface area (Å²) in [5.74, 6) is 0.823. The van der Waals surface area contributed by atoms with E-state index in [1.54, 1.807) is 0 Å². The van der Waals surface area contributed by atoms with Crippen LogP contribution in [0.2, 0.25) is 0 Å². The molecule has 2 N–H and O–H groups in total. The third-order valence-corrected chi connectivity index (χ3v) is 5.05. The van der Waals surface area contributed by atoms with E-state index in [1.807, 2.05) is 0 Å². The van der Waals surface area contributed by atoms with Gasteiger partial charge in [0.1, 0.15) is 0 Å². The van der Waals surface area contributed by atoms with Gasteiger partial charge in [-0.05, 0) is 54.4 Å². The summed E-state index contributed by atoms with van der Waals surface area (Å²) in [5, 5.41) is 0. The number of hydrogen-bond donors (Lipinski definition) is 1. The van der Waals surface area contributed by atoms with Gasteiger partial charge in [-0.2, -0.15) is 0 Å². The lowest BCUT2D eigenvalue weighted by molar-refractivity contribution is 0.220. The molecule has 1 fully saturated rings. The molecule has 0 aliphatic carbocycles. The second-order valence-corrected chi connectivity index (χ2v) is 7.87. The third kappa shape index (κ3) is 3.76. The van der Waals surface area contributed by atoms with Gasteiger partial charge in [0.05, 0.1) is 0 Å². The zero-order chi connectivity index (χ0) is 14.8. The van der Waals surface area contributed by atoms with Crippen molar-refractivity contribution in [1.82, 2.24) is 0 Å². The minimum Gasteiger partial charge on any atom is -0.371 e. The topological polar surface area (TPSA) is 29.3 Å². The van der Waals surface area contributed by atoms with Crippen LogP contribution in [0.25, 0.3) is 0 Å². The Bertz CT molecular complexity index is 451. The van der Waals surface area contributed by atoms with Gasteiger partial charge in [0, 0.05) is 29.8 Å². The van der Waals surface area contributed by atoms with Crippen LogP contribution >= 0.6 is 15.9 Å². The number of nitrogens with two attached hydrogens (primary N) is 1. The normalized spacial score (nSPS) is 20.9. The number of rotatable bonds is 2. The second kappa shape index (κ2) is 6.48. The van der Waals surface area contributed by atoms with E-state index < -0.39 is 0 Å². The first kappa shape index (κ1) is 15.8. The Kier molecular flexibility index (Phi) is 5.14. The summed E-state index contributed by atoms with van der Waals surface area (Å²) < 4.78 is 1.11. The highest BCUT2D eigenvalue weighted by atomic mass is 79.9. The lowest BCUT2D eigenvalue weighted by Crippen LogP contribution is -2.27. The molecule has 1 heterocycles. The zero-order valence-electron chi connectivity index (χ0n) is 13.0. The Hall–Kier alpha value is -0.540. The highest BCUT2D eigenvalue weighted by molar-refractivity contribution is 9.10. The molecule has 3 heteroatoms. The van der Waals surface area contributed by atoms with Crippen molar-refractivity contribution >= 4 is 21.6 Å². The van der Waals surface area contributed by atoms with Gasteiger partial charge in [0.25, 0.3) is 0 Å². The van der Waals surface area contributed by atoms with Crippen LogP contribution in [0.3, 0.4) is 0 Å². The van der Waals surface area contributed by atoms with E-state index in [0.717, 1.165) is 23.5 Å². The summed E-state index contributed by atoms with van der Waals surface area (Å²) >= 11 is 3.54. The molecule has 20 heavy (non-hydrogen) atoms. The molecule has 0 aromatic heterocycles. The molecule has 0 saturated carbocycles. The fraction of sp³-hybridized carbons (Fsp3) is 0.647. The molecule has 0 amide bonds. The van der Waals surface area contributed by atoms with Crippen LogP contribution in [0.4, 0.5) is 5.69 Å². The molecule has 1 atom stereocenters. The number of hydrogen-bond acceptors (Lipinski definition) is 2. The van der Waals surface area contributed by atoms with Crippen molar-refractivity contribution in [1.29, 1.82) is 0 Å². The average Bonchev–Trinajstić information content (AvgIpc) is 2.63. The van der Waals surface area contributed by atoms with Crippen LogP contribution in [-0.2, 0) is 6.54 Å². The Morgan fingerprint density at radius 2 is 2.00 bits per heavy atom. The van der Waals surface area contributed by atoms with Crippen molar-refractivity contribution in [3.63, 3.8) is 0 Å². The first-order valence-electron chi connectivity index (χ1n) is 7.65. The standard InChI is InChI=1S/C17H27BrN2/c1-17(2,3)14-5-4-9-20(10-8-14)16-7-6-15(18)11-13(16)12-19/h6-7,11,14H,4-5,8-10,12,19H2,1-3H3. The Morgan fingerprint density at radius 1 is 1.25 bits per heavy atom. The van der Waals surface area contributed by atoms with Gasteiger partial charge in [0.2, 0.25) is 0 Å². The van der Waals surface area contributed by atoms with E-state index >= 15 is 0 Å². The van der Waals surface area contributed by atoms with Crippen molar-refractivity contribution in [2.45, 2.75) is 46.6 Å². The van der Waals surface area contributed by atoms with Crippen molar-refractivity contribution in [3.05, 3.63) is 28.2 Å². The smallest absolute Gasteiger partial charge is 0.0412 e. The summed E-state index contributed by atoms with van der Waals surface area (Å²) in [6.45, 7) is 10.0. The van der Waals surface area contributed by atoms with Crippen molar-refractivity contribution in [3.8, 4) is 0 Å². The number of halogens is 1. The third-order valence-electron chi connectivity index (χ3n) is 4.55. The Morgan fingerprint density at radius 3 is 2.65 bits per heavy atom. The predicted molar refractivity (Wildman–Crippen MR) is 91.0 cm³/mol. The monoisotopic (exact) mass is 338 g/mol. The predicted octanol–water partition coefficient (Wildman–Crippen LogP) is 4.56. The molecule has 1 aromatic rings. The van der Waals surface area contributed by atoms with Crippen LogP contribution in [0.1, 0.15) is 45.6 Å². The van der Waals surface area contributed by atoms with Gasteiger partial charge in [-0.1, -0.05) is 36.7 Å². The molecule has 1 aromatic carbocycles. The minimum atomic E-state index is 0.423. The quantitative estimate of drug-likeness (QED) is 0.856. The largest absolute Gasteiger partial charge is 0.371 e. The molecule has 0 bridgehead atoms. The van der Waals surface area contributed by atoms with Gasteiger partial charge in [-0.3, -0.25) is 0 Å². The minimum absolute atomic E-state index is 0.423. The molecule has 2 nitrogen and oxygen atoms in total. The van der Waals surface area contributed by atoms with E-state index in [-0.39, 0.29) is 0 Å². The molecular formula is C17H27BrN2. The van der Waals surface area contributed by atoms with Crippen LogP contribution in [-0.4, -0.2) is 13.1 Å². The van der Waals surface area contributed by atoms with E-state index in [0.29, 0.717) is 12.0 Å². The summed E-state index contributed by atoms with van der Waals surface area (Å²) in [6, 6.07) is 6.49. The Balaban J connectivity index is 2.15. The first-order chi connectivity index (χ1) is 9.41. The molecule has 2 rings (SSSR count). The van der Waals surface area contributed by atoms with Crippen molar-refractivity contribution < 1.29 is 0 Å².